The van der Waals surface area contributed by atoms with Gasteiger partial charge in [0.15, 0.2) is 0 Å². The van der Waals surface area contributed by atoms with Crippen LogP contribution >= 0.6 is 0 Å². The molecule has 1 saturated heterocycles. The number of carbonyl (C=O) groups is 1. The third-order valence-electron chi connectivity index (χ3n) is 2.89. The summed E-state index contributed by atoms with van der Waals surface area (Å²) in [6.07, 6.45) is 2.29. The largest absolute Gasteiger partial charge is 0.468 e. The first kappa shape index (κ1) is 11.7. The summed E-state index contributed by atoms with van der Waals surface area (Å²) < 4.78 is 4.73. The lowest BCUT2D eigenvalue weighted by Crippen LogP contribution is -2.41. The quantitative estimate of drug-likeness (QED) is 0.395. The monoisotopic (exact) mass is 208 g/mol. The minimum Gasteiger partial charge on any atom is -0.468 e. The van der Waals surface area contributed by atoms with Crippen LogP contribution in [0, 0.1) is 6.57 Å². The SMILES string of the molecule is [C-]#[N+][C@@H]1C[C@H](C(=O)OC)N(CC)[C@H]1C=C. The number of ether oxygens (including phenoxy) is 1. The molecule has 4 nitrogen and oxygen atoms in total. The maximum absolute atomic E-state index is 11.5. The maximum atomic E-state index is 11.5. The molecule has 0 aromatic heterocycles. The second kappa shape index (κ2) is 4.94. The Balaban J connectivity index is 2.89. The van der Waals surface area contributed by atoms with Gasteiger partial charge in [0.05, 0.1) is 13.5 Å². The zero-order valence-corrected chi connectivity index (χ0v) is 9.14. The molecule has 0 unspecified atom stereocenters. The van der Waals surface area contributed by atoms with Crippen LogP contribution in [-0.4, -0.2) is 42.6 Å². The lowest BCUT2D eigenvalue weighted by molar-refractivity contribution is -0.146. The predicted molar refractivity (Wildman–Crippen MR) is 57.2 cm³/mol. The average Bonchev–Trinajstić information content (AvgIpc) is 2.65. The summed E-state index contributed by atoms with van der Waals surface area (Å²) >= 11 is 0. The lowest BCUT2D eigenvalue weighted by Gasteiger charge is -2.23. The van der Waals surface area contributed by atoms with Crippen LogP contribution in [0.15, 0.2) is 12.7 Å². The van der Waals surface area contributed by atoms with Gasteiger partial charge < -0.3 is 9.58 Å². The van der Waals surface area contributed by atoms with Crippen molar-refractivity contribution in [3.05, 3.63) is 24.1 Å². The molecule has 1 fully saturated rings. The molecule has 1 aliphatic rings. The van der Waals surface area contributed by atoms with E-state index in [1.165, 1.54) is 7.11 Å². The number of likely N-dealkylation sites (N-methyl/N-ethyl adjacent to an activating group) is 1. The molecule has 15 heavy (non-hydrogen) atoms. The second-order valence-corrected chi connectivity index (χ2v) is 3.53. The van der Waals surface area contributed by atoms with Crippen molar-refractivity contribution in [1.29, 1.82) is 0 Å². The zero-order chi connectivity index (χ0) is 11.4. The van der Waals surface area contributed by atoms with Gasteiger partial charge in [-0.15, -0.1) is 6.58 Å². The second-order valence-electron chi connectivity index (χ2n) is 3.53. The average molecular weight is 208 g/mol. The van der Waals surface area contributed by atoms with Crippen LogP contribution in [0.5, 0.6) is 0 Å². The van der Waals surface area contributed by atoms with E-state index < -0.39 is 0 Å². The summed E-state index contributed by atoms with van der Waals surface area (Å²) in [5.41, 5.74) is 0. The van der Waals surface area contributed by atoms with E-state index in [1.807, 2.05) is 11.8 Å². The first-order valence-electron chi connectivity index (χ1n) is 5.02. The van der Waals surface area contributed by atoms with Crippen molar-refractivity contribution in [2.75, 3.05) is 13.7 Å². The van der Waals surface area contributed by atoms with E-state index in [2.05, 4.69) is 11.4 Å². The summed E-state index contributed by atoms with van der Waals surface area (Å²) in [7, 11) is 1.38. The van der Waals surface area contributed by atoms with Gasteiger partial charge in [0.2, 0.25) is 6.04 Å². The van der Waals surface area contributed by atoms with Crippen molar-refractivity contribution in [2.45, 2.75) is 31.5 Å². The maximum Gasteiger partial charge on any atom is 0.323 e. The van der Waals surface area contributed by atoms with Gasteiger partial charge in [-0.05, 0) is 6.54 Å². The molecule has 1 heterocycles. The molecule has 0 saturated carbocycles. The van der Waals surface area contributed by atoms with Crippen molar-refractivity contribution in [3.63, 3.8) is 0 Å². The third kappa shape index (κ3) is 2.02. The summed E-state index contributed by atoms with van der Waals surface area (Å²) in [5.74, 6) is -0.255. The highest BCUT2D eigenvalue weighted by Crippen LogP contribution is 2.28. The molecule has 3 atom stereocenters. The Morgan fingerprint density at radius 2 is 2.47 bits per heavy atom. The first-order valence-corrected chi connectivity index (χ1v) is 5.02. The van der Waals surface area contributed by atoms with Crippen LogP contribution in [0.4, 0.5) is 0 Å². The highest BCUT2D eigenvalue weighted by atomic mass is 16.5. The molecule has 0 aliphatic carbocycles. The molecule has 1 rings (SSSR count). The van der Waals surface area contributed by atoms with E-state index in [4.69, 9.17) is 11.3 Å². The summed E-state index contributed by atoms with van der Waals surface area (Å²) in [5, 5.41) is 0. The Hall–Kier alpha value is -1.34. The fourth-order valence-corrected chi connectivity index (χ4v) is 2.15. The standard InChI is InChI=1S/C11H16N2O2/c1-5-9-8(12-3)7-10(11(14)15-4)13(9)6-2/h5,8-10H,1,6-7H2,2,4H3/t8-,9+,10-/m1/s1. The number of methoxy groups -OCH3 is 1. The van der Waals surface area contributed by atoms with Crippen molar-refractivity contribution in [1.82, 2.24) is 4.90 Å². The Bertz CT molecular complexity index is 295. The van der Waals surface area contributed by atoms with Gasteiger partial charge in [0.1, 0.15) is 12.1 Å². The first-order chi connectivity index (χ1) is 7.19. The lowest BCUT2D eigenvalue weighted by atomic mass is 10.1. The van der Waals surface area contributed by atoms with Gasteiger partial charge in [-0.25, -0.2) is 6.57 Å². The van der Waals surface area contributed by atoms with Gasteiger partial charge >= 0.3 is 5.97 Å². The topological polar surface area (TPSA) is 33.9 Å². The molecule has 0 aromatic rings. The van der Waals surface area contributed by atoms with Crippen LogP contribution in [0.2, 0.25) is 0 Å². The number of nitrogens with zero attached hydrogens (tertiary/aromatic N) is 2. The number of esters is 1. The van der Waals surface area contributed by atoms with Crippen molar-refractivity contribution >= 4 is 5.97 Å². The van der Waals surface area contributed by atoms with Crippen LogP contribution in [0.1, 0.15) is 13.3 Å². The van der Waals surface area contributed by atoms with E-state index in [-0.39, 0.29) is 24.1 Å². The molecule has 0 aromatic carbocycles. The molecule has 0 radical (unpaired) electrons. The number of likely N-dealkylation sites (tertiary alicyclic amines) is 1. The van der Waals surface area contributed by atoms with E-state index in [0.717, 1.165) is 6.54 Å². The van der Waals surface area contributed by atoms with Gasteiger partial charge in [0, 0.05) is 0 Å². The minimum atomic E-state index is -0.290. The van der Waals surface area contributed by atoms with Gasteiger partial charge in [0.25, 0.3) is 0 Å². The van der Waals surface area contributed by atoms with Crippen LogP contribution in [-0.2, 0) is 9.53 Å². The summed E-state index contributed by atoms with van der Waals surface area (Å²) in [6.45, 7) is 13.5. The highest BCUT2D eigenvalue weighted by molar-refractivity contribution is 5.76. The predicted octanol–water partition coefficient (Wildman–Crippen LogP) is 1.10. The number of hydrogen-bond acceptors (Lipinski definition) is 3. The van der Waals surface area contributed by atoms with Crippen molar-refractivity contribution in [2.24, 2.45) is 0 Å². The molecule has 4 heteroatoms. The molecule has 82 valence electrons. The number of hydrogen-bond donors (Lipinski definition) is 0. The molecule has 1 aliphatic heterocycles. The number of carbonyl (C=O) groups excluding carboxylic acids is 1. The van der Waals surface area contributed by atoms with Crippen LogP contribution in [0.25, 0.3) is 4.85 Å². The Labute approximate surface area is 90.3 Å². The third-order valence-corrected chi connectivity index (χ3v) is 2.89. The van der Waals surface area contributed by atoms with Gasteiger partial charge in [-0.3, -0.25) is 9.69 Å². The molecule has 0 N–H and O–H groups in total. The van der Waals surface area contributed by atoms with Crippen LogP contribution in [0.3, 0.4) is 0 Å². The summed E-state index contributed by atoms with van der Waals surface area (Å²) in [6, 6.07) is -0.495. The van der Waals surface area contributed by atoms with E-state index in [9.17, 15) is 4.79 Å². The fraction of sp³-hybridized carbons (Fsp3) is 0.636. The van der Waals surface area contributed by atoms with Gasteiger partial charge in [-0.1, -0.05) is 13.0 Å². The van der Waals surface area contributed by atoms with E-state index >= 15 is 0 Å². The molecule has 0 bridgehead atoms. The normalized spacial score (nSPS) is 30.9. The van der Waals surface area contributed by atoms with E-state index in [1.54, 1.807) is 6.08 Å². The van der Waals surface area contributed by atoms with Gasteiger partial charge in [-0.2, -0.15) is 0 Å². The van der Waals surface area contributed by atoms with Crippen LogP contribution < -0.4 is 0 Å². The highest BCUT2D eigenvalue weighted by Gasteiger charge is 2.46. The van der Waals surface area contributed by atoms with Crippen molar-refractivity contribution in [3.8, 4) is 0 Å². The fourth-order valence-electron chi connectivity index (χ4n) is 2.15. The number of rotatable bonds is 3. The molecule has 0 spiro atoms. The minimum absolute atomic E-state index is 0.0309. The molecular weight excluding hydrogens is 192 g/mol. The Morgan fingerprint density at radius 3 is 2.87 bits per heavy atom. The van der Waals surface area contributed by atoms with Crippen molar-refractivity contribution < 1.29 is 9.53 Å². The molecule has 0 amide bonds. The smallest absolute Gasteiger partial charge is 0.323 e. The summed E-state index contributed by atoms with van der Waals surface area (Å²) in [4.78, 5) is 17.0. The van der Waals surface area contributed by atoms with E-state index in [0.29, 0.717) is 6.42 Å². The Morgan fingerprint density at radius 1 is 1.80 bits per heavy atom. The Kier molecular flexibility index (Phi) is 3.87. The zero-order valence-electron chi connectivity index (χ0n) is 9.14. The molecular formula is C11H16N2O2.